The standard InChI is InChI=1S/C10H18O/c1-5-11-9-6-7-10(3,4)8(9)2/h5,8-9H,1,6-7H2,2-4H3. The van der Waals surface area contributed by atoms with Crippen molar-refractivity contribution >= 4 is 0 Å². The van der Waals surface area contributed by atoms with Gasteiger partial charge in [0, 0.05) is 0 Å². The predicted molar refractivity (Wildman–Crippen MR) is 47.2 cm³/mol. The molecule has 11 heavy (non-hydrogen) atoms. The van der Waals surface area contributed by atoms with Crippen LogP contribution in [0.4, 0.5) is 0 Å². The van der Waals surface area contributed by atoms with Crippen LogP contribution in [0.25, 0.3) is 0 Å². The van der Waals surface area contributed by atoms with Crippen LogP contribution in [0, 0.1) is 11.3 Å². The largest absolute Gasteiger partial charge is 0.498 e. The molecule has 2 atom stereocenters. The van der Waals surface area contributed by atoms with Crippen LogP contribution in [0.1, 0.15) is 33.6 Å². The molecule has 0 aliphatic heterocycles. The van der Waals surface area contributed by atoms with E-state index in [0.717, 1.165) is 0 Å². The van der Waals surface area contributed by atoms with Crippen molar-refractivity contribution in [1.29, 1.82) is 0 Å². The zero-order valence-electron chi connectivity index (χ0n) is 7.76. The van der Waals surface area contributed by atoms with Gasteiger partial charge in [-0.3, -0.25) is 0 Å². The van der Waals surface area contributed by atoms with Gasteiger partial charge in [0.15, 0.2) is 0 Å². The molecule has 1 aliphatic rings. The molecule has 0 N–H and O–H groups in total. The SMILES string of the molecule is C=COC1CCC(C)(C)C1C. The van der Waals surface area contributed by atoms with Crippen LogP contribution in [0.3, 0.4) is 0 Å². The maximum Gasteiger partial charge on any atom is 0.101 e. The summed E-state index contributed by atoms with van der Waals surface area (Å²) in [5, 5.41) is 0. The van der Waals surface area contributed by atoms with Gasteiger partial charge in [-0.15, -0.1) is 0 Å². The Bertz CT molecular complexity index is 149. The van der Waals surface area contributed by atoms with Crippen molar-refractivity contribution in [2.24, 2.45) is 11.3 Å². The first-order chi connectivity index (χ1) is 5.08. The number of hydrogen-bond acceptors (Lipinski definition) is 1. The second-order valence-corrected chi connectivity index (χ2v) is 4.16. The van der Waals surface area contributed by atoms with E-state index in [-0.39, 0.29) is 0 Å². The molecule has 1 nitrogen and oxygen atoms in total. The summed E-state index contributed by atoms with van der Waals surface area (Å²) in [5.74, 6) is 0.653. The van der Waals surface area contributed by atoms with Crippen molar-refractivity contribution in [2.75, 3.05) is 0 Å². The van der Waals surface area contributed by atoms with E-state index in [0.29, 0.717) is 17.4 Å². The summed E-state index contributed by atoms with van der Waals surface area (Å²) in [6.07, 6.45) is 4.43. The van der Waals surface area contributed by atoms with Crippen molar-refractivity contribution in [2.45, 2.75) is 39.7 Å². The minimum atomic E-state index is 0.405. The van der Waals surface area contributed by atoms with E-state index < -0.39 is 0 Å². The van der Waals surface area contributed by atoms with Crippen LogP contribution in [-0.2, 0) is 4.74 Å². The van der Waals surface area contributed by atoms with Gasteiger partial charge < -0.3 is 4.74 Å². The van der Waals surface area contributed by atoms with Gasteiger partial charge in [0.2, 0.25) is 0 Å². The molecule has 0 aromatic carbocycles. The van der Waals surface area contributed by atoms with Gasteiger partial charge in [-0.25, -0.2) is 0 Å². The second kappa shape index (κ2) is 2.88. The summed E-state index contributed by atoms with van der Waals surface area (Å²) in [6.45, 7) is 10.5. The topological polar surface area (TPSA) is 9.23 Å². The van der Waals surface area contributed by atoms with Gasteiger partial charge in [0.1, 0.15) is 6.10 Å². The fourth-order valence-electron chi connectivity index (χ4n) is 1.80. The van der Waals surface area contributed by atoms with Crippen LogP contribution < -0.4 is 0 Å². The fraction of sp³-hybridized carbons (Fsp3) is 0.800. The Labute approximate surface area is 69.4 Å². The summed E-state index contributed by atoms with van der Waals surface area (Å²) < 4.78 is 5.41. The smallest absolute Gasteiger partial charge is 0.101 e. The Morgan fingerprint density at radius 3 is 2.55 bits per heavy atom. The van der Waals surface area contributed by atoms with E-state index in [1.807, 2.05) is 0 Å². The summed E-state index contributed by atoms with van der Waals surface area (Å²) in [4.78, 5) is 0. The minimum absolute atomic E-state index is 0.405. The molecular formula is C10H18O. The molecule has 64 valence electrons. The monoisotopic (exact) mass is 154 g/mol. The Morgan fingerprint density at radius 2 is 2.18 bits per heavy atom. The minimum Gasteiger partial charge on any atom is -0.498 e. The van der Waals surface area contributed by atoms with Gasteiger partial charge in [0.25, 0.3) is 0 Å². The lowest BCUT2D eigenvalue weighted by molar-refractivity contribution is 0.0863. The second-order valence-electron chi connectivity index (χ2n) is 4.16. The molecule has 0 saturated heterocycles. The average Bonchev–Trinajstić information content (AvgIpc) is 2.17. The van der Waals surface area contributed by atoms with E-state index in [2.05, 4.69) is 27.4 Å². The number of rotatable bonds is 2. The molecule has 0 amide bonds. The molecule has 0 aromatic rings. The van der Waals surface area contributed by atoms with Crippen LogP contribution in [0.2, 0.25) is 0 Å². The highest BCUT2D eigenvalue weighted by Gasteiger charge is 2.39. The zero-order chi connectivity index (χ0) is 8.48. The van der Waals surface area contributed by atoms with Gasteiger partial charge in [0.05, 0.1) is 6.26 Å². The lowest BCUT2D eigenvalue weighted by atomic mass is 9.83. The molecule has 1 aliphatic carbocycles. The molecular weight excluding hydrogens is 136 g/mol. The first-order valence-electron chi connectivity index (χ1n) is 4.34. The lowest BCUT2D eigenvalue weighted by Gasteiger charge is -2.26. The van der Waals surface area contributed by atoms with E-state index in [9.17, 15) is 0 Å². The number of hydrogen-bond donors (Lipinski definition) is 0. The van der Waals surface area contributed by atoms with Crippen LogP contribution in [-0.4, -0.2) is 6.10 Å². The first kappa shape index (κ1) is 8.63. The van der Waals surface area contributed by atoms with Crippen molar-refractivity contribution in [3.63, 3.8) is 0 Å². The Morgan fingerprint density at radius 1 is 1.55 bits per heavy atom. The summed E-state index contributed by atoms with van der Waals surface area (Å²) >= 11 is 0. The third kappa shape index (κ3) is 1.58. The Hall–Kier alpha value is -0.460. The molecule has 1 fully saturated rings. The lowest BCUT2D eigenvalue weighted by Crippen LogP contribution is -2.22. The van der Waals surface area contributed by atoms with Crippen LogP contribution in [0.15, 0.2) is 12.8 Å². The van der Waals surface area contributed by atoms with E-state index in [1.165, 1.54) is 12.8 Å². The van der Waals surface area contributed by atoms with Gasteiger partial charge >= 0.3 is 0 Å². The highest BCUT2D eigenvalue weighted by molar-refractivity contribution is 4.89. The van der Waals surface area contributed by atoms with Crippen molar-refractivity contribution in [3.8, 4) is 0 Å². The van der Waals surface area contributed by atoms with Gasteiger partial charge in [-0.1, -0.05) is 27.4 Å². The maximum absolute atomic E-state index is 5.41. The predicted octanol–water partition coefficient (Wildman–Crippen LogP) is 2.97. The maximum atomic E-state index is 5.41. The van der Waals surface area contributed by atoms with Crippen molar-refractivity contribution < 1.29 is 4.74 Å². The van der Waals surface area contributed by atoms with Crippen LogP contribution >= 0.6 is 0 Å². The fourth-order valence-corrected chi connectivity index (χ4v) is 1.80. The molecule has 2 unspecified atom stereocenters. The first-order valence-corrected chi connectivity index (χ1v) is 4.34. The normalized spacial score (nSPS) is 35.2. The highest BCUT2D eigenvalue weighted by Crippen LogP contribution is 2.43. The molecule has 1 saturated carbocycles. The Kier molecular flexibility index (Phi) is 2.26. The highest BCUT2D eigenvalue weighted by atomic mass is 16.5. The molecule has 0 spiro atoms. The number of ether oxygens (including phenoxy) is 1. The zero-order valence-corrected chi connectivity index (χ0v) is 7.76. The van der Waals surface area contributed by atoms with Crippen molar-refractivity contribution in [1.82, 2.24) is 0 Å². The van der Waals surface area contributed by atoms with Gasteiger partial charge in [-0.05, 0) is 24.2 Å². The molecule has 1 heteroatoms. The quantitative estimate of drug-likeness (QED) is 0.556. The molecule has 0 radical (unpaired) electrons. The third-order valence-electron chi connectivity index (χ3n) is 3.13. The third-order valence-corrected chi connectivity index (χ3v) is 3.13. The molecule has 0 heterocycles. The van der Waals surface area contributed by atoms with Gasteiger partial charge in [-0.2, -0.15) is 0 Å². The van der Waals surface area contributed by atoms with Crippen LogP contribution in [0.5, 0.6) is 0 Å². The average molecular weight is 154 g/mol. The summed E-state index contributed by atoms with van der Waals surface area (Å²) in [6, 6.07) is 0. The molecule has 0 aromatic heterocycles. The molecule has 1 rings (SSSR count). The summed E-state index contributed by atoms with van der Waals surface area (Å²) in [7, 11) is 0. The van der Waals surface area contributed by atoms with E-state index in [1.54, 1.807) is 6.26 Å². The summed E-state index contributed by atoms with van der Waals surface area (Å²) in [5.41, 5.74) is 0.452. The van der Waals surface area contributed by atoms with E-state index in [4.69, 9.17) is 4.74 Å². The molecule has 0 bridgehead atoms. The van der Waals surface area contributed by atoms with Crippen molar-refractivity contribution in [3.05, 3.63) is 12.8 Å². The van der Waals surface area contributed by atoms with E-state index >= 15 is 0 Å². The Balaban J connectivity index is 2.55.